The first kappa shape index (κ1) is 21.0. The van der Waals surface area contributed by atoms with Crippen LogP contribution in [-0.2, 0) is 17.7 Å². The van der Waals surface area contributed by atoms with Gasteiger partial charge >= 0.3 is 0 Å². The minimum Gasteiger partial charge on any atom is -0.475 e. The lowest BCUT2D eigenvalue weighted by atomic mass is 10.1. The first-order chi connectivity index (χ1) is 13.2. The van der Waals surface area contributed by atoms with Crippen molar-refractivity contribution in [3.8, 4) is 5.88 Å². The molecular weight excluding hydrogens is 364 g/mol. The number of hydrogen-bond acceptors (Lipinski definition) is 4. The van der Waals surface area contributed by atoms with Crippen LogP contribution in [-0.4, -0.2) is 44.4 Å². The van der Waals surface area contributed by atoms with Crippen LogP contribution in [0.25, 0.3) is 0 Å². The lowest BCUT2D eigenvalue weighted by molar-refractivity contribution is 0.143. The van der Waals surface area contributed by atoms with Crippen molar-refractivity contribution in [2.45, 2.75) is 19.9 Å². The van der Waals surface area contributed by atoms with E-state index in [9.17, 15) is 0 Å². The second kappa shape index (κ2) is 12.1. The van der Waals surface area contributed by atoms with Crippen LogP contribution >= 0.6 is 11.6 Å². The fourth-order valence-corrected chi connectivity index (χ4v) is 2.63. The van der Waals surface area contributed by atoms with Crippen LogP contribution < -0.4 is 15.4 Å². The highest BCUT2D eigenvalue weighted by Gasteiger charge is 2.05. The van der Waals surface area contributed by atoms with Crippen molar-refractivity contribution in [1.82, 2.24) is 15.6 Å². The molecule has 0 fully saturated rings. The Hall–Kier alpha value is -2.31. The molecule has 2 N–H and O–H groups in total. The number of rotatable bonds is 10. The van der Waals surface area contributed by atoms with E-state index in [0.717, 1.165) is 36.1 Å². The molecule has 27 heavy (non-hydrogen) atoms. The van der Waals surface area contributed by atoms with E-state index in [0.29, 0.717) is 25.6 Å². The fraction of sp³-hybridized carbons (Fsp3) is 0.400. The van der Waals surface area contributed by atoms with Gasteiger partial charge in [0.05, 0.1) is 13.2 Å². The maximum atomic E-state index is 6.03. The topological polar surface area (TPSA) is 67.8 Å². The van der Waals surface area contributed by atoms with Crippen molar-refractivity contribution >= 4 is 17.6 Å². The number of methoxy groups -OCH3 is 1. The van der Waals surface area contributed by atoms with Crippen LogP contribution in [0.5, 0.6) is 5.88 Å². The Kier molecular flexibility index (Phi) is 9.44. The third kappa shape index (κ3) is 7.85. The third-order valence-corrected chi connectivity index (χ3v) is 3.96. The highest BCUT2D eigenvalue weighted by atomic mass is 35.5. The van der Waals surface area contributed by atoms with Crippen molar-refractivity contribution in [3.05, 3.63) is 58.7 Å². The van der Waals surface area contributed by atoms with E-state index in [1.165, 1.54) is 5.56 Å². The van der Waals surface area contributed by atoms with Gasteiger partial charge in [0, 0.05) is 37.0 Å². The predicted molar refractivity (Wildman–Crippen MR) is 110 cm³/mol. The van der Waals surface area contributed by atoms with Gasteiger partial charge in [-0.2, -0.15) is 0 Å². The largest absolute Gasteiger partial charge is 0.475 e. The molecule has 0 amide bonds. The van der Waals surface area contributed by atoms with Crippen molar-refractivity contribution < 1.29 is 9.47 Å². The minimum absolute atomic E-state index is 0.460. The van der Waals surface area contributed by atoms with E-state index in [1.54, 1.807) is 13.3 Å². The number of nitrogens with one attached hydrogen (secondary N) is 2. The molecule has 7 heteroatoms. The Labute approximate surface area is 166 Å². The Morgan fingerprint density at radius 1 is 1.19 bits per heavy atom. The van der Waals surface area contributed by atoms with Crippen LogP contribution in [0.15, 0.2) is 47.6 Å². The van der Waals surface area contributed by atoms with E-state index in [-0.39, 0.29) is 0 Å². The number of nitrogens with zero attached hydrogens (tertiary/aromatic N) is 2. The molecular formula is C20H27ClN4O2. The van der Waals surface area contributed by atoms with Gasteiger partial charge in [-0.25, -0.2) is 9.98 Å². The average molecular weight is 391 g/mol. The molecule has 0 bridgehead atoms. The van der Waals surface area contributed by atoms with Gasteiger partial charge in [-0.1, -0.05) is 29.8 Å². The number of guanidine groups is 1. The van der Waals surface area contributed by atoms with E-state index in [2.05, 4.69) is 26.7 Å². The van der Waals surface area contributed by atoms with Crippen LogP contribution in [0.1, 0.15) is 18.1 Å². The Bertz CT molecular complexity index is 725. The molecule has 0 aliphatic rings. The molecule has 0 unspecified atom stereocenters. The third-order valence-electron chi connectivity index (χ3n) is 3.72. The van der Waals surface area contributed by atoms with Gasteiger partial charge in [0.25, 0.3) is 0 Å². The first-order valence-electron chi connectivity index (χ1n) is 9.05. The van der Waals surface area contributed by atoms with Gasteiger partial charge in [0.15, 0.2) is 5.96 Å². The molecule has 1 aromatic heterocycles. The molecule has 146 valence electrons. The highest BCUT2D eigenvalue weighted by molar-refractivity contribution is 6.30. The van der Waals surface area contributed by atoms with Gasteiger partial charge in [0.2, 0.25) is 5.88 Å². The fourth-order valence-electron chi connectivity index (χ4n) is 2.42. The van der Waals surface area contributed by atoms with Crippen LogP contribution in [0.2, 0.25) is 5.02 Å². The van der Waals surface area contributed by atoms with E-state index < -0.39 is 0 Å². The molecule has 0 saturated carbocycles. The summed E-state index contributed by atoms with van der Waals surface area (Å²) in [4.78, 5) is 8.92. The smallest absolute Gasteiger partial charge is 0.218 e. The summed E-state index contributed by atoms with van der Waals surface area (Å²) in [5, 5.41) is 7.35. The molecule has 0 atom stereocenters. The lowest BCUT2D eigenvalue weighted by Gasteiger charge is -2.12. The van der Waals surface area contributed by atoms with Crippen molar-refractivity contribution in [3.63, 3.8) is 0 Å². The molecule has 0 aliphatic heterocycles. The number of benzene rings is 1. The zero-order valence-corrected chi connectivity index (χ0v) is 16.6. The van der Waals surface area contributed by atoms with Crippen LogP contribution in [0.3, 0.4) is 0 Å². The van der Waals surface area contributed by atoms with Crippen molar-refractivity contribution in [1.29, 1.82) is 0 Å². The van der Waals surface area contributed by atoms with Crippen LogP contribution in [0.4, 0.5) is 0 Å². The number of pyridine rings is 1. The quantitative estimate of drug-likeness (QED) is 0.371. The maximum Gasteiger partial charge on any atom is 0.218 e. The summed E-state index contributed by atoms with van der Waals surface area (Å²) in [6.45, 7) is 5.04. The predicted octanol–water partition coefficient (Wildman–Crippen LogP) is 3.06. The van der Waals surface area contributed by atoms with Crippen molar-refractivity contribution in [2.24, 2.45) is 4.99 Å². The molecule has 0 radical (unpaired) electrons. The van der Waals surface area contributed by atoms with Gasteiger partial charge < -0.3 is 20.1 Å². The zero-order valence-electron chi connectivity index (χ0n) is 15.9. The maximum absolute atomic E-state index is 6.03. The number of ether oxygens (including phenoxy) is 2. The molecule has 0 spiro atoms. The van der Waals surface area contributed by atoms with E-state index >= 15 is 0 Å². The average Bonchev–Trinajstić information content (AvgIpc) is 2.67. The zero-order chi connectivity index (χ0) is 19.3. The van der Waals surface area contributed by atoms with Gasteiger partial charge in [-0.15, -0.1) is 0 Å². The van der Waals surface area contributed by atoms with Crippen LogP contribution in [0, 0.1) is 0 Å². The summed E-state index contributed by atoms with van der Waals surface area (Å²) >= 11 is 6.03. The summed E-state index contributed by atoms with van der Waals surface area (Å²) in [7, 11) is 1.64. The Morgan fingerprint density at radius 3 is 2.85 bits per heavy atom. The summed E-state index contributed by atoms with van der Waals surface area (Å²) in [5.41, 5.74) is 2.12. The molecule has 2 aromatic rings. The Balaban J connectivity index is 1.92. The summed E-state index contributed by atoms with van der Waals surface area (Å²) < 4.78 is 10.7. The van der Waals surface area contributed by atoms with Gasteiger partial charge in [0.1, 0.15) is 6.61 Å². The molecule has 1 aromatic carbocycles. The summed E-state index contributed by atoms with van der Waals surface area (Å²) in [6, 6.07) is 11.7. The standard InChI is InChI=1S/C20H27ClN4O2/c1-3-22-20(24-11-9-16-6-4-8-18(21)14-16)25-15-17-7-5-10-23-19(17)27-13-12-26-2/h4-8,10,14H,3,9,11-13,15H2,1-2H3,(H2,22,24,25). The molecule has 0 aliphatic carbocycles. The number of aromatic nitrogens is 1. The summed E-state index contributed by atoms with van der Waals surface area (Å²) in [6.07, 6.45) is 2.58. The van der Waals surface area contributed by atoms with E-state index in [4.69, 9.17) is 21.1 Å². The SMILES string of the molecule is CCNC(=NCc1cccnc1OCCOC)NCCc1cccc(Cl)c1. The second-order valence-corrected chi connectivity index (χ2v) is 6.25. The van der Waals surface area contributed by atoms with Gasteiger partial charge in [-0.3, -0.25) is 0 Å². The summed E-state index contributed by atoms with van der Waals surface area (Å²) in [5.74, 6) is 1.35. The molecule has 1 heterocycles. The second-order valence-electron chi connectivity index (χ2n) is 5.81. The Morgan fingerprint density at radius 2 is 2.07 bits per heavy atom. The van der Waals surface area contributed by atoms with E-state index in [1.807, 2.05) is 37.3 Å². The monoisotopic (exact) mass is 390 g/mol. The first-order valence-corrected chi connectivity index (χ1v) is 9.43. The highest BCUT2D eigenvalue weighted by Crippen LogP contribution is 2.15. The number of halogens is 1. The normalized spacial score (nSPS) is 11.3. The lowest BCUT2D eigenvalue weighted by Crippen LogP contribution is -2.38. The molecule has 6 nitrogen and oxygen atoms in total. The molecule has 0 saturated heterocycles. The number of hydrogen-bond donors (Lipinski definition) is 2. The number of aliphatic imine (C=N–C) groups is 1. The minimum atomic E-state index is 0.460. The molecule has 2 rings (SSSR count). The van der Waals surface area contributed by atoms with Crippen molar-refractivity contribution in [2.75, 3.05) is 33.4 Å². The van der Waals surface area contributed by atoms with Gasteiger partial charge in [-0.05, 0) is 37.1 Å².